The van der Waals surface area contributed by atoms with Crippen molar-refractivity contribution in [1.82, 2.24) is 14.8 Å². The summed E-state index contributed by atoms with van der Waals surface area (Å²) in [5.41, 5.74) is 4.13. The topological polar surface area (TPSA) is 83.1 Å². The second kappa shape index (κ2) is 9.65. The van der Waals surface area contributed by atoms with Crippen LogP contribution in [0.4, 0.5) is 5.69 Å². The van der Waals surface area contributed by atoms with Gasteiger partial charge in [0, 0.05) is 29.1 Å². The number of non-ortho nitro benzene ring substituents is 1. The fourth-order valence-corrected chi connectivity index (χ4v) is 4.11. The maximum Gasteiger partial charge on any atom is 0.269 e. The Labute approximate surface area is 190 Å². The summed E-state index contributed by atoms with van der Waals surface area (Å²) in [5.74, 6) is 2.17. The molecule has 0 fully saturated rings. The molecule has 0 saturated carbocycles. The largest absolute Gasteiger partial charge is 0.494 e. The normalized spacial score (nSPS) is 10.8. The third-order valence-corrected chi connectivity index (χ3v) is 5.86. The molecule has 1 aromatic heterocycles. The van der Waals surface area contributed by atoms with Crippen LogP contribution in [0.2, 0.25) is 0 Å². The van der Waals surface area contributed by atoms with Crippen molar-refractivity contribution in [3.8, 4) is 22.8 Å². The van der Waals surface area contributed by atoms with Crippen LogP contribution < -0.4 is 4.74 Å². The monoisotopic (exact) mass is 446 g/mol. The van der Waals surface area contributed by atoms with Crippen LogP contribution >= 0.6 is 11.8 Å². The minimum atomic E-state index is -0.396. The van der Waals surface area contributed by atoms with Crippen LogP contribution in [0.3, 0.4) is 0 Å². The molecule has 0 saturated heterocycles. The summed E-state index contributed by atoms with van der Waals surface area (Å²) in [4.78, 5) is 10.5. The van der Waals surface area contributed by atoms with E-state index in [2.05, 4.69) is 22.3 Å². The van der Waals surface area contributed by atoms with Crippen molar-refractivity contribution >= 4 is 17.4 Å². The zero-order valence-corrected chi connectivity index (χ0v) is 18.6. The van der Waals surface area contributed by atoms with Gasteiger partial charge in [0.2, 0.25) is 0 Å². The van der Waals surface area contributed by atoms with Crippen molar-refractivity contribution in [2.75, 3.05) is 6.61 Å². The lowest BCUT2D eigenvalue weighted by molar-refractivity contribution is -0.384. The molecule has 0 aliphatic heterocycles. The van der Waals surface area contributed by atoms with Gasteiger partial charge in [0.15, 0.2) is 11.0 Å². The highest BCUT2D eigenvalue weighted by Crippen LogP contribution is 2.31. The zero-order chi connectivity index (χ0) is 22.5. The molecular formula is C24H22N4O3S. The minimum Gasteiger partial charge on any atom is -0.494 e. The summed E-state index contributed by atoms with van der Waals surface area (Å²) >= 11 is 1.53. The number of nitrogens with zero attached hydrogens (tertiary/aromatic N) is 4. The first kappa shape index (κ1) is 21.6. The highest BCUT2D eigenvalue weighted by Gasteiger charge is 2.17. The Morgan fingerprint density at radius 1 is 0.969 bits per heavy atom. The molecule has 7 nitrogen and oxygen atoms in total. The summed E-state index contributed by atoms with van der Waals surface area (Å²) in [7, 11) is 0. The molecule has 1 heterocycles. The maximum absolute atomic E-state index is 10.9. The quantitative estimate of drug-likeness (QED) is 0.192. The fraction of sp³-hybridized carbons (Fsp3) is 0.167. The smallest absolute Gasteiger partial charge is 0.269 e. The number of nitro groups is 1. The number of benzene rings is 3. The molecule has 162 valence electrons. The number of hydrogen-bond acceptors (Lipinski definition) is 6. The van der Waals surface area contributed by atoms with Gasteiger partial charge in [-0.1, -0.05) is 53.7 Å². The van der Waals surface area contributed by atoms with Crippen LogP contribution in [0.25, 0.3) is 17.1 Å². The van der Waals surface area contributed by atoms with Gasteiger partial charge in [0.25, 0.3) is 5.69 Å². The van der Waals surface area contributed by atoms with Gasteiger partial charge in [0.05, 0.1) is 11.5 Å². The molecule has 32 heavy (non-hydrogen) atoms. The van der Waals surface area contributed by atoms with Gasteiger partial charge in [-0.3, -0.25) is 14.7 Å². The van der Waals surface area contributed by atoms with Crippen molar-refractivity contribution < 1.29 is 9.66 Å². The lowest BCUT2D eigenvalue weighted by Crippen LogP contribution is -2.00. The summed E-state index contributed by atoms with van der Waals surface area (Å²) in [6, 6.07) is 22.6. The van der Waals surface area contributed by atoms with Gasteiger partial charge in [0.1, 0.15) is 5.75 Å². The molecule has 4 rings (SSSR count). The molecule has 0 bridgehead atoms. The average Bonchev–Trinajstić information content (AvgIpc) is 3.23. The van der Waals surface area contributed by atoms with Crippen LogP contribution in [0.1, 0.15) is 18.1 Å². The molecule has 0 radical (unpaired) electrons. The molecule has 3 aromatic carbocycles. The van der Waals surface area contributed by atoms with E-state index in [9.17, 15) is 10.1 Å². The first-order valence-corrected chi connectivity index (χ1v) is 11.2. The number of aromatic nitrogens is 3. The zero-order valence-electron chi connectivity index (χ0n) is 17.8. The second-order valence-electron chi connectivity index (χ2n) is 7.15. The SMILES string of the molecule is CCOc1ccc(-n2c(SCc3ccc([N+](=O)[O-])cc3)nnc2-c2ccc(C)cc2)cc1. The highest BCUT2D eigenvalue weighted by atomic mass is 32.2. The van der Waals surface area contributed by atoms with Crippen molar-refractivity contribution in [3.63, 3.8) is 0 Å². The molecule has 0 amide bonds. The average molecular weight is 447 g/mol. The highest BCUT2D eigenvalue weighted by molar-refractivity contribution is 7.98. The number of thioether (sulfide) groups is 1. The molecule has 0 aliphatic rings. The van der Waals surface area contributed by atoms with Gasteiger partial charge < -0.3 is 4.74 Å². The molecule has 4 aromatic rings. The molecule has 0 unspecified atom stereocenters. The first-order valence-electron chi connectivity index (χ1n) is 10.2. The van der Waals surface area contributed by atoms with Gasteiger partial charge in [-0.2, -0.15) is 0 Å². The van der Waals surface area contributed by atoms with E-state index >= 15 is 0 Å². The van der Waals surface area contributed by atoms with E-state index in [1.807, 2.05) is 54.8 Å². The standard InChI is InChI=1S/C24H22N4O3S/c1-3-31-22-14-12-20(13-15-22)27-23(19-8-4-17(2)5-9-19)25-26-24(27)32-16-18-6-10-21(11-7-18)28(29)30/h4-15H,3,16H2,1-2H3. The lowest BCUT2D eigenvalue weighted by Gasteiger charge is -2.12. The lowest BCUT2D eigenvalue weighted by atomic mass is 10.1. The Balaban J connectivity index is 1.66. The Morgan fingerprint density at radius 2 is 1.66 bits per heavy atom. The molecule has 0 aliphatic carbocycles. The number of hydrogen-bond donors (Lipinski definition) is 0. The van der Waals surface area contributed by atoms with Crippen LogP contribution in [0.15, 0.2) is 78.0 Å². The Morgan fingerprint density at radius 3 is 2.28 bits per heavy atom. The van der Waals surface area contributed by atoms with E-state index < -0.39 is 4.92 Å². The molecule has 0 atom stereocenters. The summed E-state index contributed by atoms with van der Waals surface area (Å²) in [6.45, 7) is 4.61. The minimum absolute atomic E-state index is 0.0814. The predicted molar refractivity (Wildman–Crippen MR) is 125 cm³/mol. The maximum atomic E-state index is 10.9. The van der Waals surface area contributed by atoms with E-state index in [4.69, 9.17) is 4.74 Å². The van der Waals surface area contributed by atoms with E-state index in [-0.39, 0.29) is 5.69 Å². The number of rotatable bonds is 8. The van der Waals surface area contributed by atoms with E-state index in [0.717, 1.165) is 33.5 Å². The second-order valence-corrected chi connectivity index (χ2v) is 8.09. The summed E-state index contributed by atoms with van der Waals surface area (Å²) in [5, 5.41) is 20.5. The van der Waals surface area contributed by atoms with Crippen molar-refractivity contribution in [3.05, 3.63) is 94.0 Å². The predicted octanol–water partition coefficient (Wildman–Crippen LogP) is 5.84. The number of aryl methyl sites for hydroxylation is 1. The van der Waals surface area contributed by atoms with Crippen molar-refractivity contribution in [2.24, 2.45) is 0 Å². The third kappa shape index (κ3) is 4.81. The fourth-order valence-electron chi connectivity index (χ4n) is 3.21. The summed E-state index contributed by atoms with van der Waals surface area (Å²) < 4.78 is 7.60. The van der Waals surface area contributed by atoms with Gasteiger partial charge >= 0.3 is 0 Å². The van der Waals surface area contributed by atoms with Crippen LogP contribution in [0.5, 0.6) is 5.75 Å². The number of ether oxygens (including phenoxy) is 1. The van der Waals surface area contributed by atoms with E-state index in [1.165, 1.54) is 29.5 Å². The van der Waals surface area contributed by atoms with Crippen molar-refractivity contribution in [1.29, 1.82) is 0 Å². The first-order chi connectivity index (χ1) is 15.5. The molecule has 0 spiro atoms. The van der Waals surface area contributed by atoms with Crippen LogP contribution in [0, 0.1) is 17.0 Å². The Kier molecular flexibility index (Phi) is 6.51. The van der Waals surface area contributed by atoms with Gasteiger partial charge in [-0.15, -0.1) is 10.2 Å². The van der Waals surface area contributed by atoms with Crippen LogP contribution in [-0.4, -0.2) is 26.3 Å². The Hall–Kier alpha value is -3.65. The summed E-state index contributed by atoms with van der Waals surface area (Å²) in [6.07, 6.45) is 0. The van der Waals surface area contributed by atoms with E-state index in [0.29, 0.717) is 12.4 Å². The van der Waals surface area contributed by atoms with Crippen LogP contribution in [-0.2, 0) is 5.75 Å². The molecule has 8 heteroatoms. The van der Waals surface area contributed by atoms with E-state index in [1.54, 1.807) is 12.1 Å². The number of nitro benzene ring substituents is 1. The molecular weight excluding hydrogens is 424 g/mol. The molecule has 0 N–H and O–H groups in total. The van der Waals surface area contributed by atoms with Gasteiger partial charge in [-0.25, -0.2) is 0 Å². The Bertz CT molecular complexity index is 1200. The third-order valence-electron chi connectivity index (χ3n) is 4.86. The van der Waals surface area contributed by atoms with Crippen molar-refractivity contribution in [2.45, 2.75) is 24.8 Å². The van der Waals surface area contributed by atoms with Gasteiger partial charge in [-0.05, 0) is 43.7 Å².